The molecule has 8 heteroatoms. The summed E-state index contributed by atoms with van der Waals surface area (Å²) in [5, 5.41) is 6.68. The van der Waals surface area contributed by atoms with Gasteiger partial charge in [0, 0.05) is 11.6 Å². The van der Waals surface area contributed by atoms with Gasteiger partial charge in [-0.15, -0.1) is 11.3 Å². The van der Waals surface area contributed by atoms with E-state index in [1.54, 1.807) is 12.1 Å². The number of alkyl halides is 3. The minimum absolute atomic E-state index is 0.0594. The van der Waals surface area contributed by atoms with Crippen LogP contribution in [0.2, 0.25) is 0 Å². The molecule has 26 heavy (non-hydrogen) atoms. The van der Waals surface area contributed by atoms with Crippen molar-refractivity contribution in [3.63, 3.8) is 0 Å². The lowest BCUT2D eigenvalue weighted by Crippen LogP contribution is -2.46. The molecule has 3 aliphatic rings. The summed E-state index contributed by atoms with van der Waals surface area (Å²) in [6.45, 7) is 1.33. The van der Waals surface area contributed by atoms with Crippen LogP contribution in [-0.4, -0.2) is 17.1 Å². The van der Waals surface area contributed by atoms with Crippen molar-refractivity contribution in [3.8, 4) is 10.6 Å². The van der Waals surface area contributed by atoms with Crippen molar-refractivity contribution in [2.45, 2.75) is 51.2 Å². The van der Waals surface area contributed by atoms with Crippen LogP contribution in [0.5, 0.6) is 0 Å². The molecular formula is C18H19F3N2O2S. The minimum atomic E-state index is -4.58. The van der Waals surface area contributed by atoms with Gasteiger partial charge in [0.05, 0.1) is 9.75 Å². The second kappa shape index (κ2) is 6.40. The second-order valence-corrected chi connectivity index (χ2v) is 8.33. The van der Waals surface area contributed by atoms with E-state index in [0.29, 0.717) is 21.6 Å². The summed E-state index contributed by atoms with van der Waals surface area (Å²) in [5.41, 5.74) is 0.0778. The van der Waals surface area contributed by atoms with E-state index in [1.807, 2.05) is 0 Å². The highest BCUT2D eigenvalue weighted by atomic mass is 32.1. The maximum Gasteiger partial charge on any atom is 0.452 e. The van der Waals surface area contributed by atoms with Gasteiger partial charge in [0.2, 0.25) is 5.76 Å². The lowest BCUT2D eigenvalue weighted by Gasteiger charge is -2.42. The molecule has 2 heterocycles. The Bertz CT molecular complexity index is 819. The van der Waals surface area contributed by atoms with Gasteiger partial charge in [-0.3, -0.25) is 4.79 Å². The molecule has 4 nitrogen and oxygen atoms in total. The number of rotatable bonds is 3. The highest BCUT2D eigenvalue weighted by molar-refractivity contribution is 7.17. The fourth-order valence-electron chi connectivity index (χ4n) is 4.21. The zero-order chi connectivity index (χ0) is 18.5. The van der Waals surface area contributed by atoms with Crippen molar-refractivity contribution >= 4 is 17.2 Å². The summed E-state index contributed by atoms with van der Waals surface area (Å²) in [6, 6.07) is 3.47. The number of carbonyl (C=O) groups excluding carboxylic acids is 1. The fourth-order valence-corrected chi connectivity index (χ4v) is 5.16. The molecule has 0 radical (unpaired) electrons. The van der Waals surface area contributed by atoms with Gasteiger partial charge in [0.15, 0.2) is 0 Å². The summed E-state index contributed by atoms with van der Waals surface area (Å²) < 4.78 is 43.0. The molecule has 0 saturated heterocycles. The first-order valence-electron chi connectivity index (χ1n) is 8.77. The largest absolute Gasteiger partial charge is 0.452 e. The Morgan fingerprint density at radius 2 is 2.00 bits per heavy atom. The van der Waals surface area contributed by atoms with E-state index >= 15 is 0 Å². The van der Waals surface area contributed by atoms with Crippen molar-refractivity contribution < 1.29 is 22.5 Å². The topological polar surface area (TPSA) is 55.1 Å². The Labute approximate surface area is 152 Å². The molecule has 2 aromatic rings. The Balaban J connectivity index is 1.50. The van der Waals surface area contributed by atoms with Gasteiger partial charge in [-0.1, -0.05) is 18.0 Å². The number of hydrogen-bond acceptors (Lipinski definition) is 4. The van der Waals surface area contributed by atoms with Gasteiger partial charge in [0.1, 0.15) is 5.69 Å². The van der Waals surface area contributed by atoms with Crippen LogP contribution in [-0.2, 0) is 6.18 Å². The van der Waals surface area contributed by atoms with Crippen molar-refractivity contribution in [1.82, 2.24) is 10.5 Å². The number of amides is 1. The molecule has 140 valence electrons. The normalized spacial score (nSPS) is 25.5. The number of hydrogen-bond donors (Lipinski definition) is 1. The summed E-state index contributed by atoms with van der Waals surface area (Å²) in [6.07, 6.45) is 1.31. The summed E-state index contributed by atoms with van der Waals surface area (Å²) in [4.78, 5) is 13.5. The first-order valence-corrected chi connectivity index (χ1v) is 9.59. The molecule has 3 aliphatic carbocycles. The van der Waals surface area contributed by atoms with Crippen molar-refractivity contribution in [3.05, 3.63) is 28.3 Å². The number of carbonyl (C=O) groups is 1. The molecule has 0 unspecified atom stereocenters. The lowest BCUT2D eigenvalue weighted by atomic mass is 9.68. The highest BCUT2D eigenvalue weighted by Crippen LogP contribution is 2.42. The summed E-state index contributed by atoms with van der Waals surface area (Å²) in [5.74, 6) is 0.0133. The SMILES string of the molecule is Cc1c(-c2ccc(C(=O)N[C@H]3CC4CCC3CC4)s2)noc1C(F)(F)F. The molecule has 5 rings (SSSR count). The van der Waals surface area contributed by atoms with Crippen LogP contribution in [0.15, 0.2) is 16.7 Å². The van der Waals surface area contributed by atoms with Gasteiger partial charge in [-0.2, -0.15) is 13.2 Å². The summed E-state index contributed by atoms with van der Waals surface area (Å²) in [7, 11) is 0. The fraction of sp³-hybridized carbons (Fsp3) is 0.556. The van der Waals surface area contributed by atoms with E-state index in [4.69, 9.17) is 0 Å². The van der Waals surface area contributed by atoms with Gasteiger partial charge in [0.25, 0.3) is 5.91 Å². The first kappa shape index (κ1) is 17.6. The monoisotopic (exact) mass is 384 g/mol. The van der Waals surface area contributed by atoms with Gasteiger partial charge in [-0.25, -0.2) is 0 Å². The Kier molecular flexibility index (Phi) is 4.33. The number of aromatic nitrogens is 1. The molecule has 1 atom stereocenters. The predicted octanol–water partition coefficient (Wildman–Crippen LogP) is 5.04. The van der Waals surface area contributed by atoms with Crippen molar-refractivity contribution in [2.75, 3.05) is 0 Å². The Hall–Kier alpha value is -1.83. The lowest BCUT2D eigenvalue weighted by molar-refractivity contribution is -0.156. The second-order valence-electron chi connectivity index (χ2n) is 7.24. The molecule has 1 amide bonds. The standard InChI is InChI=1S/C18H19F3N2O2S/c1-9-15(23-25-16(9)18(19,20)21)13-6-7-14(26-13)17(24)22-12-8-10-2-4-11(12)5-3-10/h6-7,10-12H,2-5,8H2,1H3,(H,22,24)/t10?,11?,12-/m0/s1. The molecule has 1 N–H and O–H groups in total. The first-order chi connectivity index (χ1) is 12.3. The zero-order valence-electron chi connectivity index (χ0n) is 14.2. The average molecular weight is 384 g/mol. The molecule has 2 bridgehead atoms. The smallest absolute Gasteiger partial charge is 0.351 e. The maximum absolute atomic E-state index is 12.9. The number of fused-ring (bicyclic) bond motifs is 3. The van der Waals surface area contributed by atoms with Gasteiger partial charge >= 0.3 is 6.18 Å². The van der Waals surface area contributed by atoms with E-state index in [9.17, 15) is 18.0 Å². The van der Waals surface area contributed by atoms with Crippen LogP contribution in [0.25, 0.3) is 10.6 Å². The van der Waals surface area contributed by atoms with Crippen LogP contribution in [0.4, 0.5) is 13.2 Å². The zero-order valence-corrected chi connectivity index (χ0v) is 15.0. The third kappa shape index (κ3) is 3.15. The number of thiophene rings is 1. The Morgan fingerprint density at radius 3 is 2.58 bits per heavy atom. The summed E-state index contributed by atoms with van der Waals surface area (Å²) >= 11 is 1.14. The number of nitrogens with zero attached hydrogens (tertiary/aromatic N) is 1. The minimum Gasteiger partial charge on any atom is -0.351 e. The predicted molar refractivity (Wildman–Crippen MR) is 90.9 cm³/mol. The van der Waals surface area contributed by atoms with E-state index in [2.05, 4.69) is 15.0 Å². The molecule has 0 aromatic carbocycles. The molecule has 0 spiro atoms. The van der Waals surface area contributed by atoms with Crippen LogP contribution >= 0.6 is 11.3 Å². The quantitative estimate of drug-likeness (QED) is 0.807. The Morgan fingerprint density at radius 1 is 1.27 bits per heavy atom. The van der Waals surface area contributed by atoms with E-state index in [0.717, 1.165) is 17.8 Å². The van der Waals surface area contributed by atoms with E-state index in [-0.39, 0.29) is 23.2 Å². The number of halogens is 3. The van der Waals surface area contributed by atoms with Gasteiger partial charge in [-0.05, 0) is 50.2 Å². The maximum atomic E-state index is 12.9. The molecule has 0 aliphatic heterocycles. The van der Waals surface area contributed by atoms with Gasteiger partial charge < -0.3 is 9.84 Å². The van der Waals surface area contributed by atoms with Crippen LogP contribution < -0.4 is 5.32 Å². The molecule has 2 aromatic heterocycles. The van der Waals surface area contributed by atoms with Crippen LogP contribution in [0.1, 0.15) is 53.1 Å². The number of nitrogens with one attached hydrogen (secondary N) is 1. The third-order valence-electron chi connectivity index (χ3n) is 5.61. The van der Waals surface area contributed by atoms with E-state index in [1.165, 1.54) is 32.6 Å². The van der Waals surface area contributed by atoms with E-state index < -0.39 is 11.9 Å². The van der Waals surface area contributed by atoms with Crippen molar-refractivity contribution in [1.29, 1.82) is 0 Å². The average Bonchev–Trinajstić information content (AvgIpc) is 3.22. The molecule has 3 fully saturated rings. The van der Waals surface area contributed by atoms with Crippen molar-refractivity contribution in [2.24, 2.45) is 11.8 Å². The molecule has 3 saturated carbocycles. The third-order valence-corrected chi connectivity index (χ3v) is 6.70. The highest BCUT2D eigenvalue weighted by Gasteiger charge is 2.39. The van der Waals surface area contributed by atoms with Crippen LogP contribution in [0, 0.1) is 18.8 Å². The van der Waals surface area contributed by atoms with Crippen LogP contribution in [0.3, 0.4) is 0 Å². The molecular weight excluding hydrogens is 365 g/mol.